The predicted octanol–water partition coefficient (Wildman–Crippen LogP) is 4.18. The van der Waals surface area contributed by atoms with Gasteiger partial charge in [0.15, 0.2) is 0 Å². The van der Waals surface area contributed by atoms with Crippen LogP contribution in [0.5, 0.6) is 0 Å². The zero-order chi connectivity index (χ0) is 16.4. The highest BCUT2D eigenvalue weighted by molar-refractivity contribution is 9.10. The molecule has 0 atom stereocenters. The summed E-state index contributed by atoms with van der Waals surface area (Å²) in [7, 11) is 0. The lowest BCUT2D eigenvalue weighted by atomic mass is 10.00. The van der Waals surface area contributed by atoms with Crippen LogP contribution in [0.2, 0.25) is 0 Å². The minimum atomic E-state index is 0.327. The molecule has 1 aromatic heterocycles. The first-order chi connectivity index (χ1) is 11.0. The molecule has 4 nitrogen and oxygen atoms in total. The van der Waals surface area contributed by atoms with Gasteiger partial charge in [-0.1, -0.05) is 28.9 Å². The van der Waals surface area contributed by atoms with Crippen molar-refractivity contribution in [3.63, 3.8) is 0 Å². The predicted molar refractivity (Wildman–Crippen MR) is 99.1 cm³/mol. The van der Waals surface area contributed by atoms with Crippen molar-refractivity contribution in [3.8, 4) is 0 Å². The van der Waals surface area contributed by atoms with Gasteiger partial charge in [-0.05, 0) is 49.9 Å². The second-order valence-corrected chi connectivity index (χ2v) is 7.19. The zero-order valence-corrected chi connectivity index (χ0v) is 15.5. The summed E-state index contributed by atoms with van der Waals surface area (Å²) in [5, 5.41) is 3.33. The van der Waals surface area contributed by atoms with Crippen molar-refractivity contribution in [2.24, 2.45) is 0 Å². The third-order valence-electron chi connectivity index (χ3n) is 4.05. The van der Waals surface area contributed by atoms with Crippen LogP contribution in [0.4, 0.5) is 11.8 Å². The average molecular weight is 375 g/mol. The molecule has 0 saturated carbocycles. The van der Waals surface area contributed by atoms with Gasteiger partial charge in [-0.15, -0.1) is 0 Å². The Morgan fingerprint density at radius 1 is 1.22 bits per heavy atom. The number of aryl methyl sites for hydroxylation is 1. The summed E-state index contributed by atoms with van der Waals surface area (Å²) in [5.41, 5.74) is 3.90. The summed E-state index contributed by atoms with van der Waals surface area (Å²) in [6.07, 6.45) is 1.97. The van der Waals surface area contributed by atoms with E-state index in [0.717, 1.165) is 47.9 Å². The number of aromatic nitrogens is 2. The number of fused-ring (bicyclic) bond motifs is 1. The van der Waals surface area contributed by atoms with Gasteiger partial charge in [-0.3, -0.25) is 0 Å². The van der Waals surface area contributed by atoms with E-state index in [1.165, 1.54) is 11.1 Å². The molecular weight excluding hydrogens is 352 g/mol. The molecule has 122 valence electrons. The Labute approximate surface area is 146 Å². The Hall–Kier alpha value is -1.62. The summed E-state index contributed by atoms with van der Waals surface area (Å²) in [4.78, 5) is 11.7. The molecule has 0 spiro atoms. The van der Waals surface area contributed by atoms with Crippen LogP contribution in [-0.4, -0.2) is 22.6 Å². The summed E-state index contributed by atoms with van der Waals surface area (Å²) >= 11 is 3.57. The molecule has 1 aliphatic heterocycles. The van der Waals surface area contributed by atoms with Crippen LogP contribution in [0.25, 0.3) is 0 Å². The van der Waals surface area contributed by atoms with Crippen molar-refractivity contribution < 1.29 is 0 Å². The lowest BCUT2D eigenvalue weighted by molar-refractivity contribution is 0.716. The van der Waals surface area contributed by atoms with Crippen molar-refractivity contribution >= 4 is 27.7 Å². The molecule has 0 fully saturated rings. The van der Waals surface area contributed by atoms with Crippen LogP contribution in [-0.2, 0) is 19.4 Å². The first-order valence-electron chi connectivity index (χ1n) is 8.22. The van der Waals surface area contributed by atoms with E-state index in [4.69, 9.17) is 4.98 Å². The van der Waals surface area contributed by atoms with E-state index in [1.807, 2.05) is 0 Å². The second kappa shape index (κ2) is 6.87. The molecule has 5 heteroatoms. The van der Waals surface area contributed by atoms with Gasteiger partial charge in [0.25, 0.3) is 0 Å². The van der Waals surface area contributed by atoms with Crippen LogP contribution in [0.3, 0.4) is 0 Å². The summed E-state index contributed by atoms with van der Waals surface area (Å²) in [6.45, 7) is 8.24. The molecule has 23 heavy (non-hydrogen) atoms. The van der Waals surface area contributed by atoms with Crippen molar-refractivity contribution in [1.29, 1.82) is 0 Å². The van der Waals surface area contributed by atoms with Gasteiger partial charge in [0.05, 0.1) is 0 Å². The fraction of sp³-hybridized carbons (Fsp3) is 0.444. The van der Waals surface area contributed by atoms with Gasteiger partial charge in [-0.2, -0.15) is 4.98 Å². The molecule has 0 saturated heterocycles. The quantitative estimate of drug-likeness (QED) is 0.870. The molecule has 2 heterocycles. The molecule has 0 bridgehead atoms. The van der Waals surface area contributed by atoms with Crippen molar-refractivity contribution in [1.82, 2.24) is 9.97 Å². The number of rotatable bonds is 4. The van der Waals surface area contributed by atoms with Crippen LogP contribution in [0.15, 0.2) is 28.7 Å². The molecule has 0 aliphatic carbocycles. The zero-order valence-electron chi connectivity index (χ0n) is 13.9. The minimum absolute atomic E-state index is 0.327. The van der Waals surface area contributed by atoms with E-state index in [9.17, 15) is 0 Å². The Kier molecular flexibility index (Phi) is 4.85. The topological polar surface area (TPSA) is 41.1 Å². The SMILES string of the molecule is CCc1cc(N2CCc3ccc(Br)cc3C2)nc(NC(C)C)n1. The third kappa shape index (κ3) is 3.83. The Morgan fingerprint density at radius 3 is 2.78 bits per heavy atom. The highest BCUT2D eigenvalue weighted by Crippen LogP contribution is 2.26. The average Bonchev–Trinajstić information content (AvgIpc) is 2.53. The summed E-state index contributed by atoms with van der Waals surface area (Å²) in [5.74, 6) is 1.75. The number of anilines is 2. The second-order valence-electron chi connectivity index (χ2n) is 6.28. The van der Waals surface area contributed by atoms with Crippen molar-refractivity contribution in [2.75, 3.05) is 16.8 Å². The van der Waals surface area contributed by atoms with E-state index in [0.29, 0.717) is 6.04 Å². The maximum atomic E-state index is 4.73. The molecule has 2 aromatic rings. The van der Waals surface area contributed by atoms with E-state index >= 15 is 0 Å². The Balaban J connectivity index is 1.89. The molecule has 0 radical (unpaired) electrons. The largest absolute Gasteiger partial charge is 0.352 e. The monoisotopic (exact) mass is 374 g/mol. The molecular formula is C18H23BrN4. The number of benzene rings is 1. The maximum Gasteiger partial charge on any atom is 0.225 e. The highest BCUT2D eigenvalue weighted by atomic mass is 79.9. The number of halogens is 1. The third-order valence-corrected chi connectivity index (χ3v) is 4.54. The van der Waals surface area contributed by atoms with Gasteiger partial charge < -0.3 is 10.2 Å². The van der Waals surface area contributed by atoms with Crippen LogP contribution >= 0.6 is 15.9 Å². The van der Waals surface area contributed by atoms with E-state index in [-0.39, 0.29) is 0 Å². The van der Waals surface area contributed by atoms with E-state index < -0.39 is 0 Å². The summed E-state index contributed by atoms with van der Waals surface area (Å²) in [6, 6.07) is 9.01. The summed E-state index contributed by atoms with van der Waals surface area (Å²) < 4.78 is 1.14. The lowest BCUT2D eigenvalue weighted by Gasteiger charge is -2.30. The van der Waals surface area contributed by atoms with Gasteiger partial charge >= 0.3 is 0 Å². The Bertz CT molecular complexity index is 699. The van der Waals surface area contributed by atoms with Crippen LogP contribution < -0.4 is 10.2 Å². The van der Waals surface area contributed by atoms with Crippen molar-refractivity contribution in [2.45, 2.75) is 46.2 Å². The maximum absolute atomic E-state index is 4.73. The Morgan fingerprint density at radius 2 is 2.04 bits per heavy atom. The highest BCUT2D eigenvalue weighted by Gasteiger charge is 2.19. The molecule has 0 unspecified atom stereocenters. The fourth-order valence-electron chi connectivity index (χ4n) is 2.87. The number of nitrogens with one attached hydrogen (secondary N) is 1. The minimum Gasteiger partial charge on any atom is -0.352 e. The number of hydrogen-bond donors (Lipinski definition) is 1. The normalized spacial score (nSPS) is 14.0. The fourth-order valence-corrected chi connectivity index (χ4v) is 3.28. The molecule has 3 rings (SSSR count). The lowest BCUT2D eigenvalue weighted by Crippen LogP contribution is -2.31. The number of hydrogen-bond acceptors (Lipinski definition) is 4. The first-order valence-corrected chi connectivity index (χ1v) is 9.01. The van der Waals surface area contributed by atoms with Crippen molar-refractivity contribution in [3.05, 3.63) is 45.6 Å². The standard InChI is InChI=1S/C18H23BrN4/c1-4-16-10-17(22-18(21-16)20-12(2)3)23-8-7-13-5-6-15(19)9-14(13)11-23/h5-6,9-10,12H,4,7-8,11H2,1-3H3,(H,20,21,22). The van der Waals surface area contributed by atoms with Gasteiger partial charge in [-0.25, -0.2) is 4.98 Å². The van der Waals surface area contributed by atoms with E-state index in [1.54, 1.807) is 0 Å². The number of nitrogens with zero attached hydrogens (tertiary/aromatic N) is 3. The first kappa shape index (κ1) is 16.2. The van der Waals surface area contributed by atoms with Crippen LogP contribution in [0, 0.1) is 0 Å². The molecule has 1 aliphatic rings. The van der Waals surface area contributed by atoms with Gasteiger partial charge in [0.1, 0.15) is 5.82 Å². The van der Waals surface area contributed by atoms with E-state index in [2.05, 4.69) is 76.2 Å². The van der Waals surface area contributed by atoms with Crippen LogP contribution in [0.1, 0.15) is 37.6 Å². The molecule has 1 aromatic carbocycles. The molecule has 1 N–H and O–H groups in total. The molecule has 0 amide bonds. The smallest absolute Gasteiger partial charge is 0.225 e. The van der Waals surface area contributed by atoms with Gasteiger partial charge in [0.2, 0.25) is 5.95 Å². The van der Waals surface area contributed by atoms with Gasteiger partial charge in [0, 0.05) is 35.4 Å².